The molecule has 0 aliphatic heterocycles. The summed E-state index contributed by atoms with van der Waals surface area (Å²) in [6.45, 7) is 1.95. The van der Waals surface area contributed by atoms with Crippen LogP contribution in [0.25, 0.3) is 5.69 Å². The van der Waals surface area contributed by atoms with Crippen LogP contribution in [0.5, 0.6) is 0 Å². The third-order valence-electron chi connectivity index (χ3n) is 2.25. The molecule has 2 N–H and O–H groups in total. The number of halogens is 1. The summed E-state index contributed by atoms with van der Waals surface area (Å²) in [5, 5.41) is 4.32. The van der Waals surface area contributed by atoms with Gasteiger partial charge < -0.3 is 5.73 Å². The molecule has 2 aromatic rings. The molecule has 1 heterocycles. The maximum atomic E-state index is 5.56. The van der Waals surface area contributed by atoms with Gasteiger partial charge in [0.25, 0.3) is 0 Å². The second kappa shape index (κ2) is 5.01. The molecule has 5 heteroatoms. The molecule has 2 rings (SSSR count). The Labute approximate surface area is 105 Å². The molecule has 0 radical (unpaired) electrons. The highest BCUT2D eigenvalue weighted by molar-refractivity contribution is 6.28. The van der Waals surface area contributed by atoms with Gasteiger partial charge in [0.15, 0.2) is 0 Å². The van der Waals surface area contributed by atoms with Crippen molar-refractivity contribution in [2.24, 2.45) is 10.7 Å². The van der Waals surface area contributed by atoms with Gasteiger partial charge in [-0.1, -0.05) is 0 Å². The molecule has 0 amide bonds. The number of benzene rings is 1. The molecular weight excluding hydrogens is 236 g/mol. The average molecular weight is 249 g/mol. The van der Waals surface area contributed by atoms with Gasteiger partial charge in [-0.3, -0.25) is 0 Å². The van der Waals surface area contributed by atoms with E-state index in [0.29, 0.717) is 5.84 Å². The number of aliphatic imine (C=N–C) groups is 1. The van der Waals surface area contributed by atoms with Crippen LogP contribution in [0, 0.1) is 6.92 Å². The van der Waals surface area contributed by atoms with Crippen LogP contribution in [0.15, 0.2) is 41.5 Å². The van der Waals surface area contributed by atoms with Gasteiger partial charge in [-0.25, -0.2) is 9.67 Å². The molecule has 1 aromatic heterocycles. The van der Waals surface area contributed by atoms with Gasteiger partial charge in [-0.15, -0.1) is 11.6 Å². The quantitative estimate of drug-likeness (QED) is 0.515. The van der Waals surface area contributed by atoms with Crippen molar-refractivity contribution in [2.75, 3.05) is 5.88 Å². The third kappa shape index (κ3) is 2.85. The Kier molecular flexibility index (Phi) is 3.44. The van der Waals surface area contributed by atoms with E-state index in [9.17, 15) is 0 Å². The fraction of sp³-hybridized carbons (Fsp3) is 0.167. The first kappa shape index (κ1) is 11.7. The number of nitrogens with two attached hydrogens (primary N) is 1. The van der Waals surface area contributed by atoms with E-state index in [2.05, 4.69) is 10.1 Å². The van der Waals surface area contributed by atoms with Gasteiger partial charge in [0.1, 0.15) is 5.84 Å². The third-order valence-corrected chi connectivity index (χ3v) is 2.52. The Morgan fingerprint density at radius 2 is 2.06 bits per heavy atom. The molecule has 0 bridgehead atoms. The number of hydrogen-bond acceptors (Lipinski definition) is 2. The van der Waals surface area contributed by atoms with Crippen LogP contribution in [0.4, 0.5) is 5.69 Å². The normalized spacial score (nSPS) is 11.8. The molecule has 1 aromatic carbocycles. The van der Waals surface area contributed by atoms with E-state index in [1.54, 1.807) is 0 Å². The van der Waals surface area contributed by atoms with E-state index in [0.717, 1.165) is 17.1 Å². The highest BCUT2D eigenvalue weighted by atomic mass is 35.5. The number of amidine groups is 1. The number of hydrogen-bond donors (Lipinski definition) is 1. The first-order valence-electron chi connectivity index (χ1n) is 5.21. The summed E-state index contributed by atoms with van der Waals surface area (Å²) in [5.74, 6) is 0.648. The summed E-state index contributed by atoms with van der Waals surface area (Å²) < 4.78 is 1.81. The van der Waals surface area contributed by atoms with Gasteiger partial charge in [0, 0.05) is 6.20 Å². The molecule has 0 unspecified atom stereocenters. The smallest absolute Gasteiger partial charge is 0.115 e. The van der Waals surface area contributed by atoms with E-state index in [-0.39, 0.29) is 5.88 Å². The Morgan fingerprint density at radius 3 is 2.59 bits per heavy atom. The van der Waals surface area contributed by atoms with Crippen molar-refractivity contribution in [1.82, 2.24) is 9.78 Å². The predicted octanol–water partition coefficient (Wildman–Crippen LogP) is 2.41. The van der Waals surface area contributed by atoms with Crippen LogP contribution in [0.3, 0.4) is 0 Å². The second-order valence-corrected chi connectivity index (χ2v) is 3.92. The van der Waals surface area contributed by atoms with Crippen molar-refractivity contribution in [1.29, 1.82) is 0 Å². The number of aromatic nitrogens is 2. The zero-order chi connectivity index (χ0) is 12.3. The summed E-state index contributed by atoms with van der Waals surface area (Å²) in [7, 11) is 0. The standard InChI is InChI=1S/C12H13ClN4/c1-9-6-7-17(16-9)11-4-2-10(3-5-11)15-12(14)8-13/h2-7H,8H2,1H3,(H2,14,15). The van der Waals surface area contributed by atoms with Crippen LogP contribution in [-0.2, 0) is 0 Å². The van der Waals surface area contributed by atoms with Crippen LogP contribution in [0.1, 0.15) is 5.69 Å². The van der Waals surface area contributed by atoms with Crippen LogP contribution >= 0.6 is 11.6 Å². The molecule has 0 fully saturated rings. The lowest BCUT2D eigenvalue weighted by Gasteiger charge is -2.02. The highest BCUT2D eigenvalue weighted by Crippen LogP contribution is 2.15. The maximum Gasteiger partial charge on any atom is 0.115 e. The minimum absolute atomic E-state index is 0.236. The fourth-order valence-electron chi connectivity index (χ4n) is 1.43. The minimum atomic E-state index is 0.236. The van der Waals surface area contributed by atoms with Crippen molar-refractivity contribution >= 4 is 23.1 Å². The summed E-state index contributed by atoms with van der Waals surface area (Å²) >= 11 is 5.56. The van der Waals surface area contributed by atoms with Crippen LogP contribution < -0.4 is 5.73 Å². The zero-order valence-electron chi connectivity index (χ0n) is 9.47. The van der Waals surface area contributed by atoms with E-state index in [4.69, 9.17) is 17.3 Å². The second-order valence-electron chi connectivity index (χ2n) is 3.65. The van der Waals surface area contributed by atoms with Crippen molar-refractivity contribution in [3.05, 3.63) is 42.2 Å². The number of nitrogens with zero attached hydrogens (tertiary/aromatic N) is 3. The molecule has 0 spiro atoms. The molecule has 17 heavy (non-hydrogen) atoms. The molecule has 0 aliphatic carbocycles. The topological polar surface area (TPSA) is 56.2 Å². The summed E-state index contributed by atoms with van der Waals surface area (Å²) in [6, 6.07) is 9.59. The van der Waals surface area contributed by atoms with E-state index in [1.807, 2.05) is 48.1 Å². The van der Waals surface area contributed by atoms with Gasteiger partial charge in [0.05, 0.1) is 22.9 Å². The summed E-state index contributed by atoms with van der Waals surface area (Å²) in [4.78, 5) is 4.15. The fourth-order valence-corrected chi connectivity index (χ4v) is 1.49. The molecule has 4 nitrogen and oxygen atoms in total. The lowest BCUT2D eigenvalue weighted by atomic mass is 10.3. The summed E-state index contributed by atoms with van der Waals surface area (Å²) in [6.07, 6.45) is 1.92. The molecule has 0 saturated carbocycles. The van der Waals surface area contributed by atoms with Crippen LogP contribution in [-0.4, -0.2) is 21.5 Å². The van der Waals surface area contributed by atoms with E-state index >= 15 is 0 Å². The monoisotopic (exact) mass is 248 g/mol. The maximum absolute atomic E-state index is 5.56. The van der Waals surface area contributed by atoms with Crippen molar-refractivity contribution in [2.45, 2.75) is 6.92 Å². The number of alkyl halides is 1. The lowest BCUT2D eigenvalue weighted by Crippen LogP contribution is -2.12. The molecule has 88 valence electrons. The molecule has 0 aliphatic rings. The SMILES string of the molecule is Cc1ccn(-c2ccc(N=C(N)CCl)cc2)n1. The van der Waals surface area contributed by atoms with Gasteiger partial charge in [-0.05, 0) is 37.3 Å². The van der Waals surface area contributed by atoms with E-state index < -0.39 is 0 Å². The Morgan fingerprint density at radius 1 is 1.35 bits per heavy atom. The Balaban J connectivity index is 2.24. The van der Waals surface area contributed by atoms with Gasteiger partial charge in [-0.2, -0.15) is 5.10 Å². The van der Waals surface area contributed by atoms with Crippen molar-refractivity contribution < 1.29 is 0 Å². The highest BCUT2D eigenvalue weighted by Gasteiger charge is 1.98. The molecule has 0 saturated heterocycles. The van der Waals surface area contributed by atoms with Crippen molar-refractivity contribution in [3.63, 3.8) is 0 Å². The molecular formula is C12H13ClN4. The zero-order valence-corrected chi connectivity index (χ0v) is 10.2. The van der Waals surface area contributed by atoms with E-state index in [1.165, 1.54) is 0 Å². The minimum Gasteiger partial charge on any atom is -0.386 e. The number of rotatable bonds is 3. The lowest BCUT2D eigenvalue weighted by molar-refractivity contribution is 0.863. The first-order valence-corrected chi connectivity index (χ1v) is 5.74. The molecule has 0 atom stereocenters. The van der Waals surface area contributed by atoms with Crippen LogP contribution in [0.2, 0.25) is 0 Å². The predicted molar refractivity (Wildman–Crippen MR) is 70.3 cm³/mol. The average Bonchev–Trinajstić information content (AvgIpc) is 2.77. The Bertz CT molecular complexity index is 528. The van der Waals surface area contributed by atoms with Gasteiger partial charge >= 0.3 is 0 Å². The Hall–Kier alpha value is -1.81. The van der Waals surface area contributed by atoms with Gasteiger partial charge in [0.2, 0.25) is 0 Å². The summed E-state index contributed by atoms with van der Waals surface area (Å²) in [5.41, 5.74) is 8.32. The first-order chi connectivity index (χ1) is 8.19. The van der Waals surface area contributed by atoms with Crippen molar-refractivity contribution in [3.8, 4) is 5.69 Å². The number of aryl methyl sites for hydroxylation is 1. The largest absolute Gasteiger partial charge is 0.386 e.